The summed E-state index contributed by atoms with van der Waals surface area (Å²) in [6.45, 7) is -1.70. The molecule has 1 aromatic heterocycles. The maximum Gasteiger partial charge on any atom is 0.226 e. The molecule has 0 bridgehead atoms. The Kier molecular flexibility index (Phi) is 7.84. The largest absolute Gasteiger partial charge is 0.502 e. The second kappa shape index (κ2) is 9.90. The highest BCUT2D eigenvalue weighted by Crippen LogP contribution is 2.41. The van der Waals surface area contributed by atoms with E-state index in [0.717, 1.165) is 24.1 Å². The van der Waals surface area contributed by atoms with Crippen LogP contribution in [-0.4, -0.2) is 119 Å². The number of aliphatic hydroxyl groups excluding tert-OH is 7. The van der Waals surface area contributed by atoms with Crippen molar-refractivity contribution in [3.63, 3.8) is 0 Å². The van der Waals surface area contributed by atoms with Crippen LogP contribution in [0.25, 0.3) is 0 Å². The zero-order valence-corrected chi connectivity index (χ0v) is 17.4. The number of aromatic hydroxyl groups is 1. The van der Waals surface area contributed by atoms with Crippen molar-refractivity contribution in [1.82, 2.24) is 0 Å². The maximum atomic E-state index is 11.5. The number of ether oxygens (including phenoxy) is 2. The lowest BCUT2D eigenvalue weighted by Gasteiger charge is -2.54. The molecule has 0 spiro atoms. The number of aliphatic hydroxyl groups is 8. The van der Waals surface area contributed by atoms with Crippen LogP contribution in [-0.2, 0) is 15.2 Å². The average Bonchev–Trinajstić information content (AvgIpc) is 2.78. The molecule has 3 heterocycles. The topological polar surface area (TPSA) is 231 Å². The Balaban J connectivity index is 1.80. The van der Waals surface area contributed by atoms with E-state index in [1.54, 1.807) is 0 Å². The van der Waals surface area contributed by atoms with Crippen molar-refractivity contribution in [2.75, 3.05) is 13.2 Å². The molecule has 0 radical (unpaired) electrons. The number of hydrogen-bond donors (Lipinski definition) is 9. The summed E-state index contributed by atoms with van der Waals surface area (Å²) in [4.78, 5) is 11.5. The van der Waals surface area contributed by atoms with E-state index in [4.69, 9.17) is 13.9 Å². The van der Waals surface area contributed by atoms with Gasteiger partial charge in [-0.05, 0) is 0 Å². The molecule has 1 aromatic rings. The average molecular weight is 482 g/mol. The Morgan fingerprint density at radius 2 is 1.66 bits per heavy atom. The van der Waals surface area contributed by atoms with Crippen LogP contribution in [0, 0.1) is 0 Å². The van der Waals surface area contributed by atoms with Crippen LogP contribution in [0.4, 0.5) is 0 Å². The Labute approximate surface area is 185 Å². The minimum atomic E-state index is -2.65. The molecule has 0 aromatic carbocycles. The molecule has 2 fully saturated rings. The van der Waals surface area contributed by atoms with E-state index >= 15 is 0 Å². The van der Waals surface area contributed by atoms with E-state index in [0.29, 0.717) is 0 Å². The highest BCUT2D eigenvalue weighted by molar-refractivity contribution is 7.99. The minimum absolute atomic E-state index is 0.0550. The van der Waals surface area contributed by atoms with E-state index < -0.39 is 84.3 Å². The summed E-state index contributed by atoms with van der Waals surface area (Å²) >= 11 is 0.849. The second-order valence-corrected chi connectivity index (χ2v) is 8.74. The van der Waals surface area contributed by atoms with Gasteiger partial charge in [0.05, 0.1) is 19.0 Å². The lowest BCUT2D eigenvalue weighted by molar-refractivity contribution is -0.337. The van der Waals surface area contributed by atoms with E-state index in [-0.39, 0.29) is 11.5 Å². The standard InChI is InChI=1S/C18H26O13S/c19-2-9-11(23)12(24)13(25)16(30-9)18(28)10(3-20)31-17(14(26)15(18)27)32-5-6-1-7(21)8(22)4-29-6/h1,4,9-17,19-20,22-28H,2-3,5H2/t9-,10-,11-,12+,13-,14-,15-,16+,17-,18-/m1/s1. The number of rotatable bonds is 6. The minimum Gasteiger partial charge on any atom is -0.502 e. The summed E-state index contributed by atoms with van der Waals surface area (Å²) in [6.07, 6.45) is -13.5. The van der Waals surface area contributed by atoms with Crippen molar-refractivity contribution >= 4 is 11.8 Å². The Hall–Kier alpha value is -1.30. The van der Waals surface area contributed by atoms with E-state index in [1.807, 2.05) is 0 Å². The molecule has 32 heavy (non-hydrogen) atoms. The molecule has 0 unspecified atom stereocenters. The third kappa shape index (κ3) is 4.41. The van der Waals surface area contributed by atoms with Gasteiger partial charge in [-0.3, -0.25) is 4.79 Å². The van der Waals surface area contributed by atoms with Gasteiger partial charge in [0.25, 0.3) is 0 Å². The number of hydrogen-bond acceptors (Lipinski definition) is 14. The van der Waals surface area contributed by atoms with Crippen molar-refractivity contribution in [3.8, 4) is 5.75 Å². The molecule has 0 aliphatic carbocycles. The first-order chi connectivity index (χ1) is 15.1. The monoisotopic (exact) mass is 482 g/mol. The summed E-state index contributed by atoms with van der Waals surface area (Å²) in [5, 5.41) is 91.2. The van der Waals surface area contributed by atoms with Gasteiger partial charge in [-0.2, -0.15) is 0 Å². The molecule has 0 amide bonds. The zero-order chi connectivity index (χ0) is 23.8. The first kappa shape index (κ1) is 25.3. The first-order valence-electron chi connectivity index (χ1n) is 9.63. The van der Waals surface area contributed by atoms with E-state index in [9.17, 15) is 50.8 Å². The van der Waals surface area contributed by atoms with Crippen molar-refractivity contribution in [2.24, 2.45) is 0 Å². The van der Waals surface area contributed by atoms with Crippen LogP contribution < -0.4 is 5.43 Å². The fourth-order valence-electron chi connectivity index (χ4n) is 3.81. The normalized spacial score (nSPS) is 42.7. The van der Waals surface area contributed by atoms with E-state index in [1.165, 1.54) is 0 Å². The van der Waals surface area contributed by atoms with Gasteiger partial charge < -0.3 is 59.8 Å². The highest BCUT2D eigenvalue weighted by Gasteiger charge is 2.63. The molecule has 13 nitrogen and oxygen atoms in total. The summed E-state index contributed by atoms with van der Waals surface area (Å²) in [5.74, 6) is -0.535. The van der Waals surface area contributed by atoms with Crippen LogP contribution in [0.3, 0.4) is 0 Å². The molecule has 2 aliphatic rings. The summed E-state index contributed by atoms with van der Waals surface area (Å²) < 4.78 is 15.9. The van der Waals surface area contributed by atoms with Crippen molar-refractivity contribution in [1.29, 1.82) is 0 Å². The molecule has 10 atom stereocenters. The first-order valence-corrected chi connectivity index (χ1v) is 10.7. The van der Waals surface area contributed by atoms with Crippen LogP contribution >= 0.6 is 11.8 Å². The van der Waals surface area contributed by atoms with Crippen molar-refractivity contribution < 1.29 is 59.8 Å². The molecular formula is C18H26O13S. The van der Waals surface area contributed by atoms with Gasteiger partial charge in [0.2, 0.25) is 5.43 Å². The predicted molar refractivity (Wildman–Crippen MR) is 104 cm³/mol. The van der Waals surface area contributed by atoms with E-state index in [2.05, 4.69) is 0 Å². The van der Waals surface area contributed by atoms with Gasteiger partial charge in [-0.25, -0.2) is 0 Å². The fourth-order valence-corrected chi connectivity index (χ4v) is 4.85. The fraction of sp³-hybridized carbons (Fsp3) is 0.722. The van der Waals surface area contributed by atoms with Crippen LogP contribution in [0.5, 0.6) is 5.75 Å². The molecule has 182 valence electrons. The molecular weight excluding hydrogens is 456 g/mol. The second-order valence-electron chi connectivity index (χ2n) is 7.65. The molecule has 0 saturated carbocycles. The van der Waals surface area contributed by atoms with Crippen molar-refractivity contribution in [2.45, 2.75) is 65.6 Å². The Morgan fingerprint density at radius 1 is 0.969 bits per heavy atom. The van der Waals surface area contributed by atoms with Gasteiger partial charge in [0.15, 0.2) is 11.4 Å². The van der Waals surface area contributed by atoms with Crippen LogP contribution in [0.15, 0.2) is 21.5 Å². The third-order valence-electron chi connectivity index (χ3n) is 5.66. The quantitative estimate of drug-likeness (QED) is 0.186. The van der Waals surface area contributed by atoms with Gasteiger partial charge in [0.1, 0.15) is 66.3 Å². The lowest BCUT2D eigenvalue weighted by atomic mass is 9.75. The molecule has 14 heteroatoms. The third-order valence-corrected chi connectivity index (χ3v) is 6.83. The summed E-state index contributed by atoms with van der Waals surface area (Å²) in [6, 6.07) is 1.02. The Bertz CT molecular complexity index is 829. The van der Waals surface area contributed by atoms with Gasteiger partial charge >= 0.3 is 0 Å². The predicted octanol–water partition coefficient (Wildman–Crippen LogP) is -4.41. The van der Waals surface area contributed by atoms with Gasteiger partial charge in [-0.15, -0.1) is 11.8 Å². The maximum absolute atomic E-state index is 11.5. The number of thioether (sulfide) groups is 1. The smallest absolute Gasteiger partial charge is 0.226 e. The molecule has 2 saturated heterocycles. The summed E-state index contributed by atoms with van der Waals surface area (Å²) in [7, 11) is 0. The SMILES string of the molecule is O=c1cc(CS[C@H]2O[C@H](CO)[C@](O)([C@H]3O[C@H](CO)[C@@H](O)[C@H](O)[C@H]3O)[C@H](O)[C@H]2O)occ1O. The van der Waals surface area contributed by atoms with Gasteiger partial charge in [-0.1, -0.05) is 0 Å². The molecule has 3 rings (SSSR count). The molecule has 9 N–H and O–H groups in total. The van der Waals surface area contributed by atoms with Crippen molar-refractivity contribution in [3.05, 3.63) is 28.3 Å². The zero-order valence-electron chi connectivity index (χ0n) is 16.5. The summed E-state index contributed by atoms with van der Waals surface area (Å²) in [5.41, 5.74) is -4.58. The van der Waals surface area contributed by atoms with Crippen LogP contribution in [0.2, 0.25) is 0 Å². The molecule has 2 aliphatic heterocycles. The lowest BCUT2D eigenvalue weighted by Crippen LogP contribution is -2.76. The van der Waals surface area contributed by atoms with Crippen LogP contribution in [0.1, 0.15) is 5.76 Å². The van der Waals surface area contributed by atoms with Gasteiger partial charge in [0, 0.05) is 6.07 Å². The highest BCUT2D eigenvalue weighted by atomic mass is 32.2. The Morgan fingerprint density at radius 3 is 2.25 bits per heavy atom.